The van der Waals surface area contributed by atoms with Gasteiger partial charge in [-0.2, -0.15) is 0 Å². The molecule has 0 fully saturated rings. The number of carbonyl (C=O) groups excluding carboxylic acids is 1. The third-order valence-electron chi connectivity index (χ3n) is 2.01. The summed E-state index contributed by atoms with van der Waals surface area (Å²) < 4.78 is 17.6. The van der Waals surface area contributed by atoms with Gasteiger partial charge in [0.2, 0.25) is 0 Å². The second-order valence-corrected chi connectivity index (χ2v) is 3.28. The smallest absolute Gasteiger partial charge is 0.306 e. The summed E-state index contributed by atoms with van der Waals surface area (Å²) in [6.07, 6.45) is 0.345. The Balaban J connectivity index is 2.60. The molecule has 0 aliphatic carbocycles. The van der Waals surface area contributed by atoms with Crippen LogP contribution in [0.4, 0.5) is 4.39 Å². The minimum absolute atomic E-state index is 0.0729. The van der Waals surface area contributed by atoms with Crippen molar-refractivity contribution < 1.29 is 13.9 Å². The largest absolute Gasteiger partial charge is 0.452 e. The van der Waals surface area contributed by atoms with Crippen LogP contribution in [0.15, 0.2) is 18.2 Å². The SMILES string of the molecule is CCC(=O)OCC#Cc1ccc(F)cc1C. The number of hydrogen-bond donors (Lipinski definition) is 0. The number of halogens is 1. The van der Waals surface area contributed by atoms with Crippen molar-refractivity contribution in [1.82, 2.24) is 0 Å². The number of rotatable bonds is 2. The minimum atomic E-state index is -0.277. The summed E-state index contributed by atoms with van der Waals surface area (Å²) in [6, 6.07) is 4.39. The lowest BCUT2D eigenvalue weighted by Gasteiger charge is -1.97. The van der Waals surface area contributed by atoms with Crippen LogP contribution in [0.1, 0.15) is 24.5 Å². The number of aryl methyl sites for hydroxylation is 1. The van der Waals surface area contributed by atoms with E-state index in [-0.39, 0.29) is 18.4 Å². The van der Waals surface area contributed by atoms with Gasteiger partial charge in [0.05, 0.1) is 0 Å². The van der Waals surface area contributed by atoms with E-state index in [2.05, 4.69) is 11.8 Å². The van der Waals surface area contributed by atoms with Gasteiger partial charge in [0, 0.05) is 12.0 Å². The lowest BCUT2D eigenvalue weighted by molar-refractivity contribution is -0.141. The zero-order valence-electron chi connectivity index (χ0n) is 9.34. The summed E-state index contributed by atoms with van der Waals surface area (Å²) in [5, 5.41) is 0. The summed E-state index contributed by atoms with van der Waals surface area (Å²) in [5.41, 5.74) is 1.52. The Hall–Kier alpha value is -1.82. The first kappa shape index (κ1) is 12.3. The molecule has 0 saturated carbocycles. The van der Waals surface area contributed by atoms with Gasteiger partial charge in [-0.25, -0.2) is 4.39 Å². The first-order valence-electron chi connectivity index (χ1n) is 5.04. The topological polar surface area (TPSA) is 26.3 Å². The molecule has 16 heavy (non-hydrogen) atoms. The van der Waals surface area contributed by atoms with Crippen molar-refractivity contribution >= 4 is 5.97 Å². The van der Waals surface area contributed by atoms with E-state index in [4.69, 9.17) is 4.74 Å². The third-order valence-corrected chi connectivity index (χ3v) is 2.01. The Labute approximate surface area is 94.4 Å². The Kier molecular flexibility index (Phi) is 4.53. The average Bonchev–Trinajstić information content (AvgIpc) is 2.26. The van der Waals surface area contributed by atoms with Crippen molar-refractivity contribution in [3.63, 3.8) is 0 Å². The number of carbonyl (C=O) groups is 1. The number of esters is 1. The molecule has 3 heteroatoms. The van der Waals surface area contributed by atoms with Gasteiger partial charge in [0.15, 0.2) is 6.61 Å². The molecular weight excluding hydrogens is 207 g/mol. The maximum Gasteiger partial charge on any atom is 0.306 e. The molecule has 0 saturated heterocycles. The molecule has 0 atom stereocenters. The molecule has 0 radical (unpaired) electrons. The molecule has 0 aliphatic heterocycles. The van der Waals surface area contributed by atoms with Crippen LogP contribution < -0.4 is 0 Å². The van der Waals surface area contributed by atoms with Crippen molar-refractivity contribution in [3.05, 3.63) is 35.1 Å². The van der Waals surface area contributed by atoms with E-state index in [0.29, 0.717) is 6.42 Å². The summed E-state index contributed by atoms with van der Waals surface area (Å²) in [4.78, 5) is 10.8. The van der Waals surface area contributed by atoms with Gasteiger partial charge < -0.3 is 4.74 Å². The van der Waals surface area contributed by atoms with Crippen molar-refractivity contribution in [2.75, 3.05) is 6.61 Å². The Morgan fingerprint density at radius 2 is 2.25 bits per heavy atom. The molecule has 0 bridgehead atoms. The van der Waals surface area contributed by atoms with Gasteiger partial charge in [0.25, 0.3) is 0 Å². The zero-order valence-corrected chi connectivity index (χ0v) is 9.34. The van der Waals surface area contributed by atoms with Crippen LogP contribution in [-0.2, 0) is 9.53 Å². The first-order chi connectivity index (χ1) is 7.63. The van der Waals surface area contributed by atoms with E-state index in [1.165, 1.54) is 12.1 Å². The lowest BCUT2D eigenvalue weighted by atomic mass is 10.1. The van der Waals surface area contributed by atoms with Crippen LogP contribution >= 0.6 is 0 Å². The Bertz CT molecular complexity index is 441. The van der Waals surface area contributed by atoms with Gasteiger partial charge >= 0.3 is 5.97 Å². The molecule has 1 aromatic rings. The molecule has 2 nitrogen and oxygen atoms in total. The molecule has 0 aliphatic rings. The molecule has 1 aromatic carbocycles. The second kappa shape index (κ2) is 5.92. The number of benzene rings is 1. The Morgan fingerprint density at radius 1 is 1.50 bits per heavy atom. The molecule has 0 unspecified atom stereocenters. The van der Waals surface area contributed by atoms with Gasteiger partial charge in [-0.05, 0) is 30.7 Å². The maximum absolute atomic E-state index is 12.8. The van der Waals surface area contributed by atoms with E-state index in [0.717, 1.165) is 11.1 Å². The van der Waals surface area contributed by atoms with Crippen molar-refractivity contribution in [1.29, 1.82) is 0 Å². The van der Waals surface area contributed by atoms with Crippen LogP contribution in [0.2, 0.25) is 0 Å². The third kappa shape index (κ3) is 3.74. The van der Waals surface area contributed by atoms with E-state index in [1.54, 1.807) is 19.9 Å². The molecule has 0 aromatic heterocycles. The molecule has 0 spiro atoms. The van der Waals surface area contributed by atoms with Crippen LogP contribution in [0.3, 0.4) is 0 Å². The van der Waals surface area contributed by atoms with Crippen molar-refractivity contribution in [2.45, 2.75) is 20.3 Å². The molecule has 0 N–H and O–H groups in total. The quantitative estimate of drug-likeness (QED) is 0.565. The van der Waals surface area contributed by atoms with Crippen molar-refractivity contribution in [2.24, 2.45) is 0 Å². The predicted octanol–water partition coefficient (Wildman–Crippen LogP) is 2.44. The minimum Gasteiger partial charge on any atom is -0.452 e. The van der Waals surface area contributed by atoms with E-state index >= 15 is 0 Å². The highest BCUT2D eigenvalue weighted by Gasteiger charge is 1.97. The highest BCUT2D eigenvalue weighted by atomic mass is 19.1. The van der Waals surface area contributed by atoms with E-state index < -0.39 is 0 Å². The van der Waals surface area contributed by atoms with Gasteiger partial charge in [0.1, 0.15) is 5.82 Å². The standard InChI is InChI=1S/C13H13FO2/c1-3-13(15)16-8-4-5-11-6-7-12(14)9-10(11)2/h6-7,9H,3,8H2,1-2H3. The summed E-state index contributed by atoms with van der Waals surface area (Å²) in [5.74, 6) is 4.99. The van der Waals surface area contributed by atoms with Crippen molar-refractivity contribution in [3.8, 4) is 11.8 Å². The fraction of sp³-hybridized carbons (Fsp3) is 0.308. The van der Waals surface area contributed by atoms with E-state index in [9.17, 15) is 9.18 Å². The molecular formula is C13H13FO2. The molecule has 84 valence electrons. The van der Waals surface area contributed by atoms with Crippen LogP contribution in [0.25, 0.3) is 0 Å². The predicted molar refractivity (Wildman–Crippen MR) is 59.3 cm³/mol. The number of ether oxygens (including phenoxy) is 1. The summed E-state index contributed by atoms with van der Waals surface area (Å²) in [6.45, 7) is 3.58. The normalized spacial score (nSPS) is 9.19. The Morgan fingerprint density at radius 3 is 2.88 bits per heavy atom. The summed E-state index contributed by atoms with van der Waals surface area (Å²) >= 11 is 0. The van der Waals surface area contributed by atoms with Crippen LogP contribution in [0, 0.1) is 24.6 Å². The van der Waals surface area contributed by atoms with Crippen LogP contribution in [-0.4, -0.2) is 12.6 Å². The monoisotopic (exact) mass is 220 g/mol. The molecule has 0 amide bonds. The lowest BCUT2D eigenvalue weighted by Crippen LogP contribution is -2.01. The average molecular weight is 220 g/mol. The van der Waals surface area contributed by atoms with Crippen LogP contribution in [0.5, 0.6) is 0 Å². The first-order valence-corrected chi connectivity index (χ1v) is 5.04. The molecule has 1 rings (SSSR count). The fourth-order valence-corrected chi connectivity index (χ4v) is 1.12. The maximum atomic E-state index is 12.8. The fourth-order valence-electron chi connectivity index (χ4n) is 1.12. The highest BCUT2D eigenvalue weighted by Crippen LogP contribution is 2.08. The number of hydrogen-bond acceptors (Lipinski definition) is 2. The van der Waals surface area contributed by atoms with Gasteiger partial charge in [-0.1, -0.05) is 18.8 Å². The zero-order chi connectivity index (χ0) is 12.0. The van der Waals surface area contributed by atoms with Gasteiger partial charge in [-0.3, -0.25) is 4.79 Å². The molecule has 0 heterocycles. The van der Waals surface area contributed by atoms with Gasteiger partial charge in [-0.15, -0.1) is 0 Å². The van der Waals surface area contributed by atoms with E-state index in [1.807, 2.05) is 0 Å². The summed E-state index contributed by atoms with van der Waals surface area (Å²) in [7, 11) is 0. The highest BCUT2D eigenvalue weighted by molar-refractivity contribution is 5.69. The second-order valence-electron chi connectivity index (χ2n) is 3.28.